The van der Waals surface area contributed by atoms with Crippen molar-refractivity contribution in [3.8, 4) is 5.69 Å². The molecule has 1 aromatic heterocycles. The molecule has 1 saturated heterocycles. The van der Waals surface area contributed by atoms with Crippen molar-refractivity contribution in [3.05, 3.63) is 56.9 Å². The summed E-state index contributed by atoms with van der Waals surface area (Å²) in [6, 6.07) is 9.38. The number of amides is 1. The Morgan fingerprint density at radius 1 is 1.00 bits per heavy atom. The summed E-state index contributed by atoms with van der Waals surface area (Å²) in [5.74, 6) is 0.778. The van der Waals surface area contributed by atoms with Crippen molar-refractivity contribution < 1.29 is 4.79 Å². The molecule has 1 aliphatic heterocycles. The molecular formula is C23H30N4O3. The standard InChI is InChI=1S/C23H30N4O3/c1-17-21(22(29)24(2)23(30)27(17)19-10-4-3-5-11-19)26-14-12-25(13-15-26)20(28)16-18-8-6-7-9-18/h3-5,10-11,18H,6-9,12-16H2,1-2H3. The number of carbonyl (C=O) groups is 1. The van der Waals surface area contributed by atoms with Gasteiger partial charge in [-0.2, -0.15) is 0 Å². The molecule has 1 aromatic carbocycles. The van der Waals surface area contributed by atoms with Crippen molar-refractivity contribution in [2.24, 2.45) is 13.0 Å². The summed E-state index contributed by atoms with van der Waals surface area (Å²) in [6.07, 6.45) is 5.47. The summed E-state index contributed by atoms with van der Waals surface area (Å²) in [7, 11) is 1.52. The highest BCUT2D eigenvalue weighted by molar-refractivity contribution is 5.77. The molecule has 160 valence electrons. The topological polar surface area (TPSA) is 67.6 Å². The first-order valence-electron chi connectivity index (χ1n) is 10.9. The number of carbonyl (C=O) groups excluding carboxylic acids is 1. The molecule has 0 spiro atoms. The van der Waals surface area contributed by atoms with Crippen molar-refractivity contribution in [1.82, 2.24) is 14.0 Å². The molecule has 0 bridgehead atoms. The first-order valence-corrected chi connectivity index (χ1v) is 10.9. The van der Waals surface area contributed by atoms with Gasteiger partial charge in [-0.05, 0) is 37.8 Å². The average Bonchev–Trinajstić information content (AvgIpc) is 3.27. The van der Waals surface area contributed by atoms with E-state index >= 15 is 0 Å². The first-order chi connectivity index (χ1) is 14.5. The van der Waals surface area contributed by atoms with Crippen LogP contribution < -0.4 is 16.1 Å². The van der Waals surface area contributed by atoms with Crippen LogP contribution in [0.25, 0.3) is 5.69 Å². The highest BCUT2D eigenvalue weighted by atomic mass is 16.2. The maximum absolute atomic E-state index is 13.0. The summed E-state index contributed by atoms with van der Waals surface area (Å²) < 4.78 is 2.77. The predicted octanol–water partition coefficient (Wildman–Crippen LogP) is 2.07. The molecule has 0 N–H and O–H groups in total. The van der Waals surface area contributed by atoms with E-state index in [2.05, 4.69) is 0 Å². The number of anilines is 1. The Balaban J connectivity index is 1.56. The summed E-state index contributed by atoms with van der Waals surface area (Å²) in [5.41, 5.74) is 1.29. The molecule has 1 aliphatic carbocycles. The van der Waals surface area contributed by atoms with Gasteiger partial charge in [0.15, 0.2) is 0 Å². The van der Waals surface area contributed by atoms with E-state index in [9.17, 15) is 14.4 Å². The smallest absolute Gasteiger partial charge is 0.335 e. The van der Waals surface area contributed by atoms with Crippen molar-refractivity contribution in [2.75, 3.05) is 31.1 Å². The minimum atomic E-state index is -0.349. The third-order valence-electron chi connectivity index (χ3n) is 6.56. The molecule has 2 aliphatic rings. The number of rotatable bonds is 4. The lowest BCUT2D eigenvalue weighted by Gasteiger charge is -2.37. The first kappa shape index (κ1) is 20.4. The quantitative estimate of drug-likeness (QED) is 0.774. The van der Waals surface area contributed by atoms with Crippen molar-refractivity contribution in [2.45, 2.75) is 39.0 Å². The summed E-state index contributed by atoms with van der Waals surface area (Å²) in [6.45, 7) is 4.24. The van der Waals surface area contributed by atoms with E-state index < -0.39 is 0 Å². The molecule has 4 rings (SSSR count). The fourth-order valence-corrected chi connectivity index (χ4v) is 4.82. The zero-order chi connectivity index (χ0) is 21.3. The van der Waals surface area contributed by atoms with Gasteiger partial charge in [-0.25, -0.2) is 4.79 Å². The SMILES string of the molecule is Cc1c(N2CCN(C(=O)CC3CCCC3)CC2)c(=O)n(C)c(=O)n1-c1ccccc1. The van der Waals surface area contributed by atoms with Crippen molar-refractivity contribution in [3.63, 3.8) is 0 Å². The number of hydrogen-bond acceptors (Lipinski definition) is 4. The second-order valence-corrected chi connectivity index (χ2v) is 8.47. The maximum Gasteiger partial charge on any atom is 0.335 e. The van der Waals surface area contributed by atoms with Crippen LogP contribution in [0.1, 0.15) is 37.8 Å². The molecule has 30 heavy (non-hydrogen) atoms. The van der Waals surface area contributed by atoms with E-state index in [4.69, 9.17) is 0 Å². The molecule has 2 aromatic rings. The zero-order valence-electron chi connectivity index (χ0n) is 17.8. The number of para-hydroxylation sites is 1. The molecule has 7 nitrogen and oxygen atoms in total. The van der Waals surface area contributed by atoms with E-state index in [1.165, 1.54) is 37.3 Å². The Morgan fingerprint density at radius 2 is 1.63 bits per heavy atom. The third-order valence-corrected chi connectivity index (χ3v) is 6.56. The van der Waals surface area contributed by atoms with Crippen LogP contribution >= 0.6 is 0 Å². The Kier molecular flexibility index (Phi) is 5.79. The highest BCUT2D eigenvalue weighted by Crippen LogP contribution is 2.28. The lowest BCUT2D eigenvalue weighted by molar-refractivity contribution is -0.132. The normalized spacial score (nSPS) is 17.5. The summed E-state index contributed by atoms with van der Waals surface area (Å²) in [5, 5.41) is 0. The van der Waals surface area contributed by atoms with Crippen LogP contribution in [0.2, 0.25) is 0 Å². The van der Waals surface area contributed by atoms with Crippen LogP contribution in [-0.4, -0.2) is 46.1 Å². The summed E-state index contributed by atoms with van der Waals surface area (Å²) >= 11 is 0. The summed E-state index contributed by atoms with van der Waals surface area (Å²) in [4.78, 5) is 42.4. The second kappa shape index (κ2) is 8.50. The largest absolute Gasteiger partial charge is 0.362 e. The van der Waals surface area contributed by atoms with E-state index in [0.717, 1.165) is 5.69 Å². The van der Waals surface area contributed by atoms with Gasteiger partial charge in [-0.3, -0.25) is 18.7 Å². The van der Waals surface area contributed by atoms with Gasteiger partial charge in [0.1, 0.15) is 5.69 Å². The Bertz CT molecular complexity index is 1030. The molecule has 7 heteroatoms. The third kappa shape index (κ3) is 3.80. The Hall–Kier alpha value is -2.83. The Labute approximate surface area is 176 Å². The molecule has 1 amide bonds. The average molecular weight is 411 g/mol. The minimum Gasteiger partial charge on any atom is -0.362 e. The van der Waals surface area contributed by atoms with Gasteiger partial charge in [-0.15, -0.1) is 0 Å². The van der Waals surface area contributed by atoms with Gasteiger partial charge >= 0.3 is 5.69 Å². The van der Waals surface area contributed by atoms with Crippen molar-refractivity contribution >= 4 is 11.6 Å². The van der Waals surface area contributed by atoms with Gasteiger partial charge in [0.25, 0.3) is 5.56 Å². The molecule has 2 heterocycles. The zero-order valence-corrected chi connectivity index (χ0v) is 17.8. The van der Waals surface area contributed by atoms with E-state index in [1.807, 2.05) is 47.1 Å². The van der Waals surface area contributed by atoms with E-state index in [0.29, 0.717) is 49.9 Å². The number of nitrogens with zero attached hydrogens (tertiary/aromatic N) is 4. The number of benzene rings is 1. The van der Waals surface area contributed by atoms with Gasteiger partial charge in [-0.1, -0.05) is 31.0 Å². The van der Waals surface area contributed by atoms with Gasteiger partial charge in [0.05, 0.1) is 11.4 Å². The van der Waals surface area contributed by atoms with Gasteiger partial charge in [0.2, 0.25) is 5.91 Å². The van der Waals surface area contributed by atoms with Crippen LogP contribution in [0.15, 0.2) is 39.9 Å². The molecule has 0 unspecified atom stereocenters. The van der Waals surface area contributed by atoms with Crippen LogP contribution in [0.3, 0.4) is 0 Å². The lowest BCUT2D eigenvalue weighted by atomic mass is 10.0. The predicted molar refractivity (Wildman–Crippen MR) is 117 cm³/mol. The van der Waals surface area contributed by atoms with Crippen LogP contribution in [0.4, 0.5) is 5.69 Å². The fourth-order valence-electron chi connectivity index (χ4n) is 4.82. The number of piperazine rings is 1. The molecule has 2 fully saturated rings. The fraction of sp³-hybridized carbons (Fsp3) is 0.522. The number of hydrogen-bond donors (Lipinski definition) is 0. The molecule has 0 atom stereocenters. The van der Waals surface area contributed by atoms with Crippen LogP contribution in [0.5, 0.6) is 0 Å². The van der Waals surface area contributed by atoms with Gasteiger partial charge < -0.3 is 9.80 Å². The minimum absolute atomic E-state index is 0.237. The van der Waals surface area contributed by atoms with E-state index in [-0.39, 0.29) is 17.2 Å². The van der Waals surface area contributed by atoms with Gasteiger partial charge in [0, 0.05) is 39.6 Å². The molecular weight excluding hydrogens is 380 g/mol. The monoisotopic (exact) mass is 410 g/mol. The molecule has 0 radical (unpaired) electrons. The second-order valence-electron chi connectivity index (χ2n) is 8.47. The van der Waals surface area contributed by atoms with Crippen LogP contribution in [-0.2, 0) is 11.8 Å². The lowest BCUT2D eigenvalue weighted by Crippen LogP contribution is -2.52. The Morgan fingerprint density at radius 3 is 2.27 bits per heavy atom. The number of aromatic nitrogens is 2. The molecule has 1 saturated carbocycles. The highest BCUT2D eigenvalue weighted by Gasteiger charge is 2.28. The van der Waals surface area contributed by atoms with Crippen LogP contribution in [0, 0.1) is 12.8 Å². The van der Waals surface area contributed by atoms with E-state index in [1.54, 1.807) is 4.57 Å². The van der Waals surface area contributed by atoms with Crippen molar-refractivity contribution in [1.29, 1.82) is 0 Å². The maximum atomic E-state index is 13.0.